The summed E-state index contributed by atoms with van der Waals surface area (Å²) in [4.78, 5) is 52.1. The van der Waals surface area contributed by atoms with Gasteiger partial charge < -0.3 is 29.4 Å². The first-order chi connectivity index (χ1) is 17.3. The molecule has 1 heterocycles. The van der Waals surface area contributed by atoms with Gasteiger partial charge in [-0.2, -0.15) is 0 Å². The molecular weight excluding hydrogens is 484 g/mol. The maximum absolute atomic E-state index is 13.3. The molecule has 0 aromatic heterocycles. The van der Waals surface area contributed by atoms with Gasteiger partial charge in [-0.3, -0.25) is 9.69 Å². The number of likely N-dealkylation sites (tertiary alicyclic amines) is 1. The average Bonchev–Trinajstić information content (AvgIpc) is 3.22. The summed E-state index contributed by atoms with van der Waals surface area (Å²) >= 11 is 0. The summed E-state index contributed by atoms with van der Waals surface area (Å²) in [6.07, 6.45) is -3.14. The molecule has 0 spiro atoms. The molecule has 1 aromatic carbocycles. The second-order valence-corrected chi connectivity index (χ2v) is 10.1. The van der Waals surface area contributed by atoms with E-state index in [9.17, 15) is 24.3 Å². The standard InChI is InChI=1S/C26H38N2O9/c1-16(2)36-24(32)21(17(3)29)27-23(31)22-19(34-15-20(30)37-26(4,5)6)12-13-28(22)25(33)35-14-18-10-8-7-9-11-18/h7-11,16-17,19,21-22,29H,12-15H2,1-6H3,(H,27,31)/t17-,19+,21+,22+/m1/s1. The number of hydrogen-bond donors (Lipinski definition) is 2. The molecule has 11 nitrogen and oxygen atoms in total. The summed E-state index contributed by atoms with van der Waals surface area (Å²) in [5.41, 5.74) is 0.0425. The lowest BCUT2D eigenvalue weighted by molar-refractivity contribution is -0.163. The first-order valence-electron chi connectivity index (χ1n) is 12.3. The predicted octanol–water partition coefficient (Wildman–Crippen LogP) is 1.94. The maximum atomic E-state index is 13.3. The van der Waals surface area contributed by atoms with Crippen LogP contribution in [0, 0.1) is 0 Å². The number of rotatable bonds is 10. The van der Waals surface area contributed by atoms with Crippen molar-refractivity contribution < 1.29 is 43.2 Å². The van der Waals surface area contributed by atoms with Gasteiger partial charge in [-0.15, -0.1) is 0 Å². The number of carbonyl (C=O) groups is 4. The van der Waals surface area contributed by atoms with Crippen molar-refractivity contribution in [1.82, 2.24) is 10.2 Å². The largest absolute Gasteiger partial charge is 0.461 e. The van der Waals surface area contributed by atoms with E-state index in [0.717, 1.165) is 5.56 Å². The topological polar surface area (TPSA) is 141 Å². The van der Waals surface area contributed by atoms with E-state index in [0.29, 0.717) is 0 Å². The van der Waals surface area contributed by atoms with E-state index in [4.69, 9.17) is 18.9 Å². The molecule has 206 valence electrons. The van der Waals surface area contributed by atoms with Crippen LogP contribution in [0.3, 0.4) is 0 Å². The minimum absolute atomic E-state index is 0.00897. The Labute approximate surface area is 217 Å². The lowest BCUT2D eigenvalue weighted by Gasteiger charge is -2.29. The summed E-state index contributed by atoms with van der Waals surface area (Å²) in [6, 6.07) is 6.44. The van der Waals surface area contributed by atoms with Crippen LogP contribution in [0.15, 0.2) is 30.3 Å². The second kappa shape index (κ2) is 13.4. The molecule has 1 saturated heterocycles. The van der Waals surface area contributed by atoms with Crippen molar-refractivity contribution in [2.75, 3.05) is 13.2 Å². The highest BCUT2D eigenvalue weighted by atomic mass is 16.6. The average molecular weight is 523 g/mol. The molecule has 1 aromatic rings. The Balaban J connectivity index is 2.18. The van der Waals surface area contributed by atoms with Gasteiger partial charge in [0.05, 0.1) is 18.3 Å². The summed E-state index contributed by atoms with van der Waals surface area (Å²) < 4.78 is 21.5. The van der Waals surface area contributed by atoms with Crippen molar-refractivity contribution in [2.24, 2.45) is 0 Å². The number of hydrogen-bond acceptors (Lipinski definition) is 9. The molecule has 0 unspecified atom stereocenters. The number of nitrogens with zero attached hydrogens (tertiary/aromatic N) is 1. The minimum Gasteiger partial charge on any atom is -0.461 e. The summed E-state index contributed by atoms with van der Waals surface area (Å²) in [5.74, 6) is -2.20. The van der Waals surface area contributed by atoms with Gasteiger partial charge in [0.25, 0.3) is 0 Å². The van der Waals surface area contributed by atoms with Gasteiger partial charge in [-0.25, -0.2) is 14.4 Å². The van der Waals surface area contributed by atoms with Gasteiger partial charge in [0, 0.05) is 6.54 Å². The van der Waals surface area contributed by atoms with Gasteiger partial charge in [0.1, 0.15) is 24.9 Å². The number of esters is 2. The number of nitrogens with one attached hydrogen (secondary N) is 1. The third-order valence-electron chi connectivity index (χ3n) is 5.27. The number of benzene rings is 1. The first-order valence-corrected chi connectivity index (χ1v) is 12.3. The van der Waals surface area contributed by atoms with Crippen LogP contribution in [0.1, 0.15) is 53.5 Å². The molecule has 37 heavy (non-hydrogen) atoms. The van der Waals surface area contributed by atoms with Crippen LogP contribution in [0.5, 0.6) is 0 Å². The van der Waals surface area contributed by atoms with Gasteiger partial charge in [0.15, 0.2) is 6.04 Å². The van der Waals surface area contributed by atoms with E-state index < -0.39 is 66.5 Å². The van der Waals surface area contributed by atoms with Crippen LogP contribution in [0.25, 0.3) is 0 Å². The van der Waals surface area contributed by atoms with Crippen molar-refractivity contribution in [3.05, 3.63) is 35.9 Å². The molecule has 0 aliphatic carbocycles. The zero-order valence-electron chi connectivity index (χ0n) is 22.3. The number of amides is 2. The van der Waals surface area contributed by atoms with Crippen LogP contribution in [-0.2, 0) is 39.9 Å². The Morgan fingerprint density at radius 1 is 1.11 bits per heavy atom. The SMILES string of the molecule is CC(C)OC(=O)[C@@H](NC(=O)[C@@H]1[C@@H](OCC(=O)OC(C)(C)C)CCN1C(=O)OCc1ccccc1)[C@@H](C)O. The molecule has 2 rings (SSSR count). The predicted molar refractivity (Wildman–Crippen MR) is 132 cm³/mol. The normalized spacial score (nSPS) is 19.2. The molecule has 2 N–H and O–H groups in total. The van der Waals surface area contributed by atoms with Crippen LogP contribution >= 0.6 is 0 Å². The molecule has 0 radical (unpaired) electrons. The van der Waals surface area contributed by atoms with Crippen LogP contribution in [0.4, 0.5) is 4.79 Å². The van der Waals surface area contributed by atoms with Gasteiger partial charge in [-0.05, 0) is 53.5 Å². The van der Waals surface area contributed by atoms with Gasteiger partial charge in [0.2, 0.25) is 5.91 Å². The van der Waals surface area contributed by atoms with Crippen LogP contribution in [-0.4, -0.2) is 83.1 Å². The highest BCUT2D eigenvalue weighted by molar-refractivity contribution is 5.91. The van der Waals surface area contributed by atoms with E-state index in [1.165, 1.54) is 11.8 Å². The van der Waals surface area contributed by atoms with Crippen molar-refractivity contribution in [2.45, 2.75) is 90.6 Å². The van der Waals surface area contributed by atoms with E-state index in [-0.39, 0.29) is 19.6 Å². The fraction of sp³-hybridized carbons (Fsp3) is 0.615. The highest BCUT2D eigenvalue weighted by Crippen LogP contribution is 2.24. The third kappa shape index (κ3) is 9.66. The quantitative estimate of drug-likeness (QED) is 0.348. The smallest absolute Gasteiger partial charge is 0.410 e. The lowest BCUT2D eigenvalue weighted by atomic mass is 10.1. The van der Waals surface area contributed by atoms with E-state index >= 15 is 0 Å². The van der Waals surface area contributed by atoms with Crippen molar-refractivity contribution in [3.8, 4) is 0 Å². The first kappa shape index (κ1) is 30.0. The highest BCUT2D eigenvalue weighted by Gasteiger charge is 2.45. The van der Waals surface area contributed by atoms with Crippen molar-refractivity contribution in [3.63, 3.8) is 0 Å². The maximum Gasteiger partial charge on any atom is 0.410 e. The van der Waals surface area contributed by atoms with E-state index in [1.54, 1.807) is 46.8 Å². The fourth-order valence-corrected chi connectivity index (χ4v) is 3.72. The summed E-state index contributed by atoms with van der Waals surface area (Å²) in [6.45, 7) is 9.43. The molecule has 1 fully saturated rings. The molecule has 0 bridgehead atoms. The Kier molecular flexibility index (Phi) is 10.9. The van der Waals surface area contributed by atoms with Crippen LogP contribution in [0.2, 0.25) is 0 Å². The lowest BCUT2D eigenvalue weighted by Crippen LogP contribution is -2.57. The van der Waals surface area contributed by atoms with E-state index in [2.05, 4.69) is 5.32 Å². The number of ether oxygens (including phenoxy) is 4. The Bertz CT molecular complexity index is 928. The summed E-state index contributed by atoms with van der Waals surface area (Å²) in [5, 5.41) is 12.6. The van der Waals surface area contributed by atoms with Crippen molar-refractivity contribution in [1.29, 1.82) is 0 Å². The molecule has 4 atom stereocenters. The Morgan fingerprint density at radius 2 is 1.76 bits per heavy atom. The second-order valence-electron chi connectivity index (χ2n) is 10.1. The minimum atomic E-state index is -1.37. The Hall–Kier alpha value is -3.18. The van der Waals surface area contributed by atoms with Crippen molar-refractivity contribution >= 4 is 23.9 Å². The van der Waals surface area contributed by atoms with Crippen LogP contribution < -0.4 is 5.32 Å². The number of carbonyl (C=O) groups excluding carboxylic acids is 4. The zero-order valence-corrected chi connectivity index (χ0v) is 22.3. The third-order valence-corrected chi connectivity index (χ3v) is 5.27. The Morgan fingerprint density at radius 3 is 2.32 bits per heavy atom. The van der Waals surface area contributed by atoms with Gasteiger partial charge >= 0.3 is 18.0 Å². The fourth-order valence-electron chi connectivity index (χ4n) is 3.72. The van der Waals surface area contributed by atoms with E-state index in [1.807, 2.05) is 18.2 Å². The zero-order chi connectivity index (χ0) is 27.8. The number of aliphatic hydroxyl groups is 1. The molecular formula is C26H38N2O9. The summed E-state index contributed by atoms with van der Waals surface area (Å²) in [7, 11) is 0. The van der Waals surface area contributed by atoms with Gasteiger partial charge in [-0.1, -0.05) is 30.3 Å². The molecule has 0 saturated carbocycles. The monoisotopic (exact) mass is 522 g/mol. The molecule has 1 aliphatic rings. The number of aliphatic hydroxyl groups excluding tert-OH is 1. The molecule has 1 aliphatic heterocycles. The molecule has 11 heteroatoms. The molecule has 2 amide bonds.